The third kappa shape index (κ3) is 2.69. The molecule has 0 bridgehead atoms. The van der Waals surface area contributed by atoms with Crippen molar-refractivity contribution in [1.29, 1.82) is 0 Å². The maximum absolute atomic E-state index is 2.56. The van der Waals surface area contributed by atoms with Gasteiger partial charge >= 0.3 is 0 Å². The minimum atomic E-state index is 0.266. The first-order chi connectivity index (χ1) is 16.4. The van der Waals surface area contributed by atoms with Gasteiger partial charge in [-0.05, 0) is 59.8 Å². The summed E-state index contributed by atoms with van der Waals surface area (Å²) in [6.45, 7) is 0.266. The molecule has 2 heterocycles. The van der Waals surface area contributed by atoms with Gasteiger partial charge < -0.3 is 9.80 Å². The van der Waals surface area contributed by atoms with Gasteiger partial charge in [0.15, 0.2) is 0 Å². The Morgan fingerprint density at radius 1 is 0.636 bits per heavy atom. The van der Waals surface area contributed by atoms with Crippen molar-refractivity contribution in [3.63, 3.8) is 0 Å². The van der Waals surface area contributed by atoms with Gasteiger partial charge in [0, 0.05) is 28.4 Å². The summed E-state index contributed by atoms with van der Waals surface area (Å²) in [4.78, 5) is 5.00. The Morgan fingerprint density at radius 3 is 2.12 bits per heavy atom. The SMILES string of the molecule is C1=CCC2C(=C1)B1c3ccccc3N(c3ccccc3)c3cccc(c31)N2c1ccccc1. The third-order valence-electron chi connectivity index (χ3n) is 7.20. The van der Waals surface area contributed by atoms with Crippen LogP contribution in [0.1, 0.15) is 6.42 Å². The van der Waals surface area contributed by atoms with Crippen molar-refractivity contribution in [3.8, 4) is 0 Å². The van der Waals surface area contributed by atoms with Gasteiger partial charge in [-0.2, -0.15) is 0 Å². The Balaban J connectivity index is 1.56. The molecule has 2 nitrogen and oxygen atoms in total. The number of allylic oxidation sites excluding steroid dienone is 2. The molecule has 0 saturated carbocycles. The van der Waals surface area contributed by atoms with Crippen LogP contribution in [0.3, 0.4) is 0 Å². The molecule has 1 aliphatic carbocycles. The Morgan fingerprint density at radius 2 is 1.30 bits per heavy atom. The van der Waals surface area contributed by atoms with Crippen LogP contribution < -0.4 is 20.7 Å². The number of benzene rings is 4. The van der Waals surface area contributed by atoms with Crippen LogP contribution in [-0.4, -0.2) is 12.8 Å². The van der Waals surface area contributed by atoms with E-state index < -0.39 is 0 Å². The van der Waals surface area contributed by atoms with Crippen LogP contribution in [-0.2, 0) is 0 Å². The van der Waals surface area contributed by atoms with E-state index in [0.717, 1.165) is 6.42 Å². The number of rotatable bonds is 2. The van der Waals surface area contributed by atoms with E-state index in [1.54, 1.807) is 0 Å². The van der Waals surface area contributed by atoms with E-state index in [9.17, 15) is 0 Å². The van der Waals surface area contributed by atoms with Crippen LogP contribution in [0.15, 0.2) is 127 Å². The van der Waals surface area contributed by atoms with E-state index in [-0.39, 0.29) is 6.71 Å². The van der Waals surface area contributed by atoms with Crippen LogP contribution in [0.5, 0.6) is 0 Å². The molecule has 0 fully saturated rings. The van der Waals surface area contributed by atoms with Crippen LogP contribution in [0, 0.1) is 0 Å². The molecule has 156 valence electrons. The van der Waals surface area contributed by atoms with Gasteiger partial charge in [0.25, 0.3) is 0 Å². The van der Waals surface area contributed by atoms with Crippen molar-refractivity contribution >= 4 is 46.1 Å². The summed E-state index contributed by atoms with van der Waals surface area (Å²) in [5.74, 6) is 0. The fourth-order valence-electron chi connectivity index (χ4n) is 5.92. The smallest absolute Gasteiger partial charge is 0.247 e. The lowest BCUT2D eigenvalue weighted by Gasteiger charge is -2.48. The summed E-state index contributed by atoms with van der Waals surface area (Å²) >= 11 is 0. The Bertz CT molecular complexity index is 1410. The third-order valence-corrected chi connectivity index (χ3v) is 7.20. The fourth-order valence-corrected chi connectivity index (χ4v) is 5.92. The maximum atomic E-state index is 2.56. The lowest BCUT2D eigenvalue weighted by atomic mass is 9.31. The molecule has 0 amide bonds. The molecule has 4 aromatic rings. The van der Waals surface area contributed by atoms with Gasteiger partial charge in [-0.15, -0.1) is 0 Å². The second-order valence-corrected chi connectivity index (χ2v) is 8.92. The molecule has 3 aliphatic rings. The van der Waals surface area contributed by atoms with Crippen molar-refractivity contribution in [2.45, 2.75) is 12.5 Å². The van der Waals surface area contributed by atoms with Crippen molar-refractivity contribution in [2.24, 2.45) is 0 Å². The highest BCUT2D eigenvalue weighted by Gasteiger charge is 2.46. The molecule has 3 heteroatoms. The minimum absolute atomic E-state index is 0.266. The summed E-state index contributed by atoms with van der Waals surface area (Å²) < 4.78 is 0. The molecule has 33 heavy (non-hydrogen) atoms. The predicted octanol–water partition coefficient (Wildman–Crippen LogP) is 6.02. The Labute approximate surface area is 195 Å². The zero-order valence-corrected chi connectivity index (χ0v) is 18.3. The largest absolute Gasteiger partial charge is 0.335 e. The zero-order chi connectivity index (χ0) is 21.8. The van der Waals surface area contributed by atoms with Crippen LogP contribution in [0.25, 0.3) is 0 Å². The Kier molecular flexibility index (Phi) is 4.10. The van der Waals surface area contributed by atoms with E-state index in [1.165, 1.54) is 44.8 Å². The molecule has 0 aromatic heterocycles. The highest BCUT2D eigenvalue weighted by atomic mass is 15.2. The summed E-state index contributed by atoms with van der Waals surface area (Å²) in [7, 11) is 0. The van der Waals surface area contributed by atoms with Crippen LogP contribution >= 0.6 is 0 Å². The zero-order valence-electron chi connectivity index (χ0n) is 18.3. The molecule has 0 radical (unpaired) electrons. The van der Waals surface area contributed by atoms with Gasteiger partial charge in [-0.25, -0.2) is 0 Å². The lowest BCUT2D eigenvalue weighted by Crippen LogP contribution is -2.60. The molecular weight excluding hydrogens is 399 g/mol. The number of para-hydroxylation sites is 3. The quantitative estimate of drug-likeness (QED) is 0.364. The predicted molar refractivity (Wildman–Crippen MR) is 140 cm³/mol. The topological polar surface area (TPSA) is 6.48 Å². The summed E-state index contributed by atoms with van der Waals surface area (Å²) in [6, 6.07) is 37.7. The molecular formula is C30H23BN2. The molecule has 4 aromatic carbocycles. The van der Waals surface area contributed by atoms with Gasteiger partial charge in [0.1, 0.15) is 0 Å². The fraction of sp³-hybridized carbons (Fsp3) is 0.0667. The maximum Gasteiger partial charge on any atom is 0.247 e. The normalized spacial score (nSPS) is 17.8. The highest BCUT2D eigenvalue weighted by molar-refractivity contribution is 6.95. The van der Waals surface area contributed by atoms with E-state index in [2.05, 4.69) is 131 Å². The monoisotopic (exact) mass is 422 g/mol. The molecule has 1 unspecified atom stereocenters. The summed E-state index contributed by atoms with van der Waals surface area (Å²) in [6.07, 6.45) is 7.94. The summed E-state index contributed by atoms with van der Waals surface area (Å²) in [5, 5.41) is 0. The van der Waals surface area contributed by atoms with Crippen LogP contribution in [0.2, 0.25) is 0 Å². The second kappa shape index (κ2) is 7.28. The van der Waals surface area contributed by atoms with Crippen molar-refractivity contribution < 1.29 is 0 Å². The number of hydrogen-bond acceptors (Lipinski definition) is 2. The van der Waals surface area contributed by atoms with E-state index in [0.29, 0.717) is 6.04 Å². The Hall–Kier alpha value is -3.98. The number of hydrogen-bond donors (Lipinski definition) is 0. The first kappa shape index (κ1) is 18.6. The molecule has 0 N–H and O–H groups in total. The van der Waals surface area contributed by atoms with Crippen molar-refractivity contribution in [3.05, 3.63) is 127 Å². The van der Waals surface area contributed by atoms with Gasteiger partial charge in [-0.3, -0.25) is 0 Å². The molecule has 1 atom stereocenters. The number of anilines is 5. The second-order valence-electron chi connectivity index (χ2n) is 8.92. The summed E-state index contributed by atoms with van der Waals surface area (Å²) in [5.41, 5.74) is 10.6. The van der Waals surface area contributed by atoms with E-state index in [4.69, 9.17) is 0 Å². The highest BCUT2D eigenvalue weighted by Crippen LogP contribution is 2.45. The molecule has 2 aliphatic heterocycles. The lowest BCUT2D eigenvalue weighted by molar-refractivity contribution is 0.764. The molecule has 7 rings (SSSR count). The van der Waals surface area contributed by atoms with E-state index in [1.807, 2.05) is 0 Å². The van der Waals surface area contributed by atoms with Crippen molar-refractivity contribution in [2.75, 3.05) is 9.80 Å². The van der Waals surface area contributed by atoms with Gasteiger partial charge in [0.05, 0.1) is 6.04 Å². The average Bonchev–Trinajstić information content (AvgIpc) is 2.89. The first-order valence-electron chi connectivity index (χ1n) is 11.7. The average molecular weight is 422 g/mol. The first-order valence-corrected chi connectivity index (χ1v) is 11.7. The molecule has 0 saturated heterocycles. The standard InChI is InChI=1S/C30H23BN2/c1-3-12-22(13-4-1)32-26-18-9-7-16-24(26)31-25-17-8-10-19-27(25)33(23-14-5-2-6-15-23)29-21-11-20-28(32)30(29)31/h1-18,20-21,27H,19H2. The van der Waals surface area contributed by atoms with Gasteiger partial charge in [-0.1, -0.05) is 84.4 Å². The molecule has 0 spiro atoms. The van der Waals surface area contributed by atoms with E-state index >= 15 is 0 Å². The van der Waals surface area contributed by atoms with Crippen LogP contribution in [0.4, 0.5) is 28.4 Å². The minimum Gasteiger partial charge on any atom is -0.335 e. The van der Waals surface area contributed by atoms with Gasteiger partial charge in [0.2, 0.25) is 6.71 Å². The number of nitrogens with zero attached hydrogens (tertiary/aromatic N) is 2. The van der Waals surface area contributed by atoms with Crippen molar-refractivity contribution in [1.82, 2.24) is 0 Å². The number of fused-ring (bicyclic) bond motifs is 4.